The van der Waals surface area contributed by atoms with Crippen molar-refractivity contribution in [2.75, 3.05) is 25.0 Å². The molecule has 1 aliphatic heterocycles. The fourth-order valence-electron chi connectivity index (χ4n) is 3.26. The third-order valence-electron chi connectivity index (χ3n) is 4.80. The van der Waals surface area contributed by atoms with E-state index in [1.54, 1.807) is 30.1 Å². The molecule has 0 radical (unpaired) electrons. The van der Waals surface area contributed by atoms with Crippen LogP contribution in [0, 0.1) is 5.82 Å². The van der Waals surface area contributed by atoms with E-state index in [1.165, 1.54) is 11.0 Å². The molecule has 9 heteroatoms. The van der Waals surface area contributed by atoms with Gasteiger partial charge in [-0.2, -0.15) is 13.2 Å². The highest BCUT2D eigenvalue weighted by Gasteiger charge is 2.35. The third-order valence-corrected chi connectivity index (χ3v) is 4.80. The lowest BCUT2D eigenvalue weighted by atomic mass is 10.2. The maximum Gasteiger partial charge on any atom is 0.419 e. The molecule has 0 saturated carbocycles. The molecule has 1 unspecified atom stereocenters. The maximum atomic E-state index is 13.4. The number of likely N-dealkylation sites (N-methyl/N-ethyl adjacent to an activating group) is 1. The van der Waals surface area contributed by atoms with Gasteiger partial charge in [0.25, 0.3) is 0 Å². The quantitative estimate of drug-likeness (QED) is 0.386. The van der Waals surface area contributed by atoms with Gasteiger partial charge >= 0.3 is 12.2 Å². The number of benzene rings is 1. The zero-order valence-electron chi connectivity index (χ0n) is 17.3. The van der Waals surface area contributed by atoms with Crippen molar-refractivity contribution < 1.29 is 27.2 Å². The molecule has 1 aromatic carbocycles. The molecule has 31 heavy (non-hydrogen) atoms. The summed E-state index contributed by atoms with van der Waals surface area (Å²) in [6.45, 7) is 4.70. The number of anilines is 1. The van der Waals surface area contributed by atoms with Gasteiger partial charge in [-0.05, 0) is 38.5 Å². The lowest BCUT2D eigenvalue weighted by molar-refractivity contribution is -0.140. The Hall–Kier alpha value is -3.10. The number of rotatable bonds is 6. The molecular weight excluding hydrogens is 414 g/mol. The number of amides is 3. The summed E-state index contributed by atoms with van der Waals surface area (Å²) in [5, 5.41) is 2.39. The van der Waals surface area contributed by atoms with Crippen molar-refractivity contribution in [3.63, 3.8) is 0 Å². The maximum absolute atomic E-state index is 13.4. The van der Waals surface area contributed by atoms with Crippen molar-refractivity contribution in [1.29, 1.82) is 0 Å². The molecule has 3 amide bonds. The predicted molar refractivity (Wildman–Crippen MR) is 111 cm³/mol. The summed E-state index contributed by atoms with van der Waals surface area (Å²) in [7, 11) is 0. The Labute approximate surface area is 178 Å². The van der Waals surface area contributed by atoms with Gasteiger partial charge < -0.3 is 15.1 Å². The first kappa shape index (κ1) is 24.2. The first-order valence-corrected chi connectivity index (χ1v) is 9.86. The first-order chi connectivity index (χ1) is 14.7. The molecule has 1 heterocycles. The smallest absolute Gasteiger partial charge is 0.337 e. The van der Waals surface area contributed by atoms with E-state index in [-0.39, 0.29) is 17.6 Å². The van der Waals surface area contributed by atoms with Crippen LogP contribution in [0.5, 0.6) is 0 Å². The van der Waals surface area contributed by atoms with E-state index in [0.717, 1.165) is 6.07 Å². The summed E-state index contributed by atoms with van der Waals surface area (Å²) in [6.07, 6.45) is 5.97. The van der Waals surface area contributed by atoms with Crippen molar-refractivity contribution in [2.45, 2.75) is 32.5 Å². The lowest BCUT2D eigenvalue weighted by Crippen LogP contribution is -2.44. The zero-order valence-corrected chi connectivity index (χ0v) is 17.3. The van der Waals surface area contributed by atoms with Gasteiger partial charge in [0.2, 0.25) is 5.91 Å². The molecular formula is C22H25F4N3O2. The van der Waals surface area contributed by atoms with Gasteiger partial charge in [0.05, 0.1) is 11.6 Å². The number of urea groups is 1. The SMILES string of the molecule is C\C=C/C=C\C=C\C(=O)N1CCC(N(CC)C(=O)Nc2ccc(F)c(C(F)(F)F)c2)C1. The Morgan fingerprint density at radius 3 is 2.58 bits per heavy atom. The van der Waals surface area contributed by atoms with E-state index in [9.17, 15) is 27.2 Å². The van der Waals surface area contributed by atoms with Gasteiger partial charge in [-0.3, -0.25) is 4.79 Å². The summed E-state index contributed by atoms with van der Waals surface area (Å²) < 4.78 is 52.1. The Kier molecular flexibility index (Phi) is 8.41. The van der Waals surface area contributed by atoms with Gasteiger partial charge in [-0.1, -0.05) is 30.4 Å². The van der Waals surface area contributed by atoms with Crippen LogP contribution >= 0.6 is 0 Å². The molecule has 1 N–H and O–H groups in total. The van der Waals surface area contributed by atoms with Crippen molar-refractivity contribution in [2.24, 2.45) is 0 Å². The minimum absolute atomic E-state index is 0.154. The molecule has 2 rings (SSSR count). The van der Waals surface area contributed by atoms with Crippen LogP contribution in [0.3, 0.4) is 0 Å². The minimum Gasteiger partial charge on any atom is -0.337 e. The number of nitrogens with zero attached hydrogens (tertiary/aromatic N) is 2. The van der Waals surface area contributed by atoms with Crippen LogP contribution in [-0.4, -0.2) is 47.4 Å². The molecule has 1 atom stereocenters. The number of carbonyl (C=O) groups excluding carboxylic acids is 2. The Morgan fingerprint density at radius 2 is 1.94 bits per heavy atom. The highest BCUT2D eigenvalue weighted by atomic mass is 19.4. The highest BCUT2D eigenvalue weighted by Crippen LogP contribution is 2.33. The fraction of sp³-hybridized carbons (Fsp3) is 0.364. The van der Waals surface area contributed by atoms with Crippen LogP contribution in [0.15, 0.2) is 54.7 Å². The number of nitrogens with one attached hydrogen (secondary N) is 1. The molecule has 0 spiro atoms. The molecule has 0 aromatic heterocycles. The lowest BCUT2D eigenvalue weighted by Gasteiger charge is -2.28. The van der Waals surface area contributed by atoms with E-state index in [4.69, 9.17) is 0 Å². The van der Waals surface area contributed by atoms with Crippen LogP contribution in [-0.2, 0) is 11.0 Å². The second-order valence-electron chi connectivity index (χ2n) is 6.91. The number of likely N-dealkylation sites (tertiary alicyclic amines) is 1. The largest absolute Gasteiger partial charge is 0.419 e. The second-order valence-corrected chi connectivity index (χ2v) is 6.91. The normalized spacial score (nSPS) is 17.2. The molecule has 1 aromatic rings. The van der Waals surface area contributed by atoms with E-state index in [0.29, 0.717) is 38.2 Å². The molecule has 0 bridgehead atoms. The number of hydrogen-bond donors (Lipinski definition) is 1. The van der Waals surface area contributed by atoms with Gasteiger partial charge in [-0.25, -0.2) is 9.18 Å². The van der Waals surface area contributed by atoms with Gasteiger partial charge in [-0.15, -0.1) is 0 Å². The molecule has 0 aliphatic carbocycles. The average molecular weight is 439 g/mol. The molecule has 1 saturated heterocycles. The van der Waals surface area contributed by atoms with E-state index >= 15 is 0 Å². The molecule has 1 aliphatic rings. The van der Waals surface area contributed by atoms with Crippen molar-refractivity contribution in [3.05, 3.63) is 66.0 Å². The number of alkyl halides is 3. The summed E-state index contributed by atoms with van der Waals surface area (Å²) in [4.78, 5) is 28.0. The Morgan fingerprint density at radius 1 is 1.23 bits per heavy atom. The second kappa shape index (κ2) is 10.8. The van der Waals surface area contributed by atoms with Gasteiger partial charge in [0.1, 0.15) is 5.82 Å². The number of hydrogen-bond acceptors (Lipinski definition) is 2. The molecule has 168 valence electrons. The minimum atomic E-state index is -4.86. The number of allylic oxidation sites excluding steroid dienone is 5. The van der Waals surface area contributed by atoms with Crippen molar-refractivity contribution in [3.8, 4) is 0 Å². The van der Waals surface area contributed by atoms with E-state index in [1.807, 2.05) is 19.1 Å². The molecule has 1 fully saturated rings. The molecule has 5 nitrogen and oxygen atoms in total. The van der Waals surface area contributed by atoms with Crippen LogP contribution in [0.4, 0.5) is 28.0 Å². The topological polar surface area (TPSA) is 52.7 Å². The van der Waals surface area contributed by atoms with E-state index < -0.39 is 23.6 Å². The zero-order chi connectivity index (χ0) is 23.0. The highest BCUT2D eigenvalue weighted by molar-refractivity contribution is 5.90. The number of halogens is 4. The standard InChI is InChI=1S/C22H25F4N3O2/c1-3-5-6-7-8-9-20(30)28-13-12-17(15-28)29(4-2)21(31)27-16-10-11-19(23)18(14-16)22(24,25)26/h3,5-11,14,17H,4,12-13,15H2,1-2H3,(H,27,31)/b5-3-,7-6-,9-8+. The van der Waals surface area contributed by atoms with Gasteiger partial charge in [0, 0.05) is 31.4 Å². The van der Waals surface area contributed by atoms with E-state index in [2.05, 4.69) is 5.32 Å². The summed E-state index contributed by atoms with van der Waals surface area (Å²) in [6, 6.07) is 1.43. The fourth-order valence-corrected chi connectivity index (χ4v) is 3.26. The van der Waals surface area contributed by atoms with Crippen LogP contribution in [0.2, 0.25) is 0 Å². The van der Waals surface area contributed by atoms with Crippen LogP contribution < -0.4 is 5.32 Å². The third kappa shape index (κ3) is 6.70. The van der Waals surface area contributed by atoms with Crippen LogP contribution in [0.25, 0.3) is 0 Å². The number of carbonyl (C=O) groups is 2. The summed E-state index contributed by atoms with van der Waals surface area (Å²) in [5.41, 5.74) is -1.60. The summed E-state index contributed by atoms with van der Waals surface area (Å²) >= 11 is 0. The predicted octanol–water partition coefficient (Wildman–Crippen LogP) is 4.99. The Bertz CT molecular complexity index is 878. The summed E-state index contributed by atoms with van der Waals surface area (Å²) in [5.74, 6) is -1.59. The monoisotopic (exact) mass is 439 g/mol. The average Bonchev–Trinajstić information content (AvgIpc) is 3.18. The first-order valence-electron chi connectivity index (χ1n) is 9.86. The van der Waals surface area contributed by atoms with Crippen molar-refractivity contribution in [1.82, 2.24) is 9.80 Å². The van der Waals surface area contributed by atoms with Crippen molar-refractivity contribution >= 4 is 17.6 Å². The van der Waals surface area contributed by atoms with Gasteiger partial charge in [0.15, 0.2) is 0 Å². The Balaban J connectivity index is 2.01. The van der Waals surface area contributed by atoms with Crippen LogP contribution in [0.1, 0.15) is 25.8 Å².